The van der Waals surface area contributed by atoms with Crippen LogP contribution in [0.5, 0.6) is 0 Å². The maximum Gasteiger partial charge on any atom is 0.266 e. The Morgan fingerprint density at radius 1 is 1.30 bits per heavy atom. The van der Waals surface area contributed by atoms with Gasteiger partial charge in [0.25, 0.3) is 10.7 Å². The van der Waals surface area contributed by atoms with Gasteiger partial charge in [-0.1, -0.05) is 12.8 Å². The summed E-state index contributed by atoms with van der Waals surface area (Å²) in [6, 6.07) is 5.01. The van der Waals surface area contributed by atoms with Crippen LogP contribution in [-0.4, -0.2) is 29.9 Å². The molecule has 0 aliphatic heterocycles. The lowest BCUT2D eigenvalue weighted by atomic mass is 9.83. The smallest absolute Gasteiger partial charge is 0.266 e. The van der Waals surface area contributed by atoms with Gasteiger partial charge in [-0.3, -0.25) is 9.59 Å². The summed E-state index contributed by atoms with van der Waals surface area (Å²) in [5.74, 6) is -0.380. The second-order valence-corrected chi connectivity index (χ2v) is 6.18. The Balaban J connectivity index is 1.78. The van der Waals surface area contributed by atoms with Crippen molar-refractivity contribution in [2.24, 2.45) is 5.92 Å². The molecule has 0 bridgehead atoms. The van der Waals surface area contributed by atoms with Gasteiger partial charge in [-0.05, 0) is 43.3 Å². The molecule has 1 aromatic heterocycles. The second-order valence-electron chi connectivity index (χ2n) is 5.81. The van der Waals surface area contributed by atoms with Gasteiger partial charge in [0.05, 0.1) is 11.4 Å². The fourth-order valence-corrected chi connectivity index (χ4v) is 3.34. The largest absolute Gasteiger partial charge is 0.429 e. The maximum absolute atomic E-state index is 12.5. The van der Waals surface area contributed by atoms with Crippen molar-refractivity contribution in [2.45, 2.75) is 31.7 Å². The third kappa shape index (κ3) is 3.29. The predicted molar refractivity (Wildman–Crippen MR) is 88.7 cm³/mol. The normalized spacial score (nSPS) is 21.1. The van der Waals surface area contributed by atoms with Crippen LogP contribution >= 0.6 is 12.2 Å². The van der Waals surface area contributed by atoms with Gasteiger partial charge in [0.15, 0.2) is 5.58 Å². The lowest BCUT2D eigenvalue weighted by Crippen LogP contribution is -2.47. The summed E-state index contributed by atoms with van der Waals surface area (Å²) in [7, 11) is 1.63. The van der Waals surface area contributed by atoms with E-state index in [1.54, 1.807) is 25.2 Å². The van der Waals surface area contributed by atoms with Crippen molar-refractivity contribution in [3.05, 3.63) is 28.6 Å². The van der Waals surface area contributed by atoms with Crippen molar-refractivity contribution in [3.63, 3.8) is 0 Å². The standard InChI is InChI=1S/C16H19N3O3S/c1-17-15(21)10-4-2-3-5-11(10)18-14(20)9-6-7-12-13(8-9)22-16(23)19-12/h6-8,10-11H,2-5H2,1H3,(H,17,21)(H,18,20)(H,19,23)/t10-,11-/m0/s1. The van der Waals surface area contributed by atoms with E-state index in [1.807, 2.05) is 0 Å². The first-order valence-electron chi connectivity index (χ1n) is 7.74. The topological polar surface area (TPSA) is 87.1 Å². The molecule has 7 heteroatoms. The quantitative estimate of drug-likeness (QED) is 0.753. The number of hydrogen-bond donors (Lipinski definition) is 3. The van der Waals surface area contributed by atoms with Crippen LogP contribution in [0.2, 0.25) is 0 Å². The van der Waals surface area contributed by atoms with Crippen molar-refractivity contribution in [1.29, 1.82) is 0 Å². The molecule has 3 N–H and O–H groups in total. The number of rotatable bonds is 3. The van der Waals surface area contributed by atoms with E-state index in [1.165, 1.54) is 0 Å². The van der Waals surface area contributed by atoms with E-state index in [2.05, 4.69) is 15.6 Å². The molecule has 1 saturated carbocycles. The first-order valence-corrected chi connectivity index (χ1v) is 8.14. The fourth-order valence-electron chi connectivity index (χ4n) is 3.14. The lowest BCUT2D eigenvalue weighted by molar-refractivity contribution is -0.126. The Kier molecular flexibility index (Phi) is 4.47. The number of fused-ring (bicyclic) bond motifs is 1. The van der Waals surface area contributed by atoms with Crippen LogP contribution in [0.15, 0.2) is 22.6 Å². The van der Waals surface area contributed by atoms with Crippen molar-refractivity contribution in [2.75, 3.05) is 7.05 Å². The molecule has 1 aromatic carbocycles. The Hall–Kier alpha value is -2.15. The van der Waals surface area contributed by atoms with Gasteiger partial charge < -0.3 is 20.0 Å². The minimum atomic E-state index is -0.199. The summed E-state index contributed by atoms with van der Waals surface area (Å²) in [6.07, 6.45) is 3.65. The molecule has 0 radical (unpaired) electrons. The average molecular weight is 333 g/mol. The number of carbonyl (C=O) groups is 2. The number of aromatic nitrogens is 1. The van der Waals surface area contributed by atoms with Crippen LogP contribution in [-0.2, 0) is 4.79 Å². The zero-order chi connectivity index (χ0) is 16.4. The van der Waals surface area contributed by atoms with Gasteiger partial charge in [-0.25, -0.2) is 0 Å². The number of nitrogens with one attached hydrogen (secondary N) is 3. The van der Waals surface area contributed by atoms with E-state index >= 15 is 0 Å². The molecule has 2 amide bonds. The molecule has 23 heavy (non-hydrogen) atoms. The van der Waals surface area contributed by atoms with Gasteiger partial charge in [-0.2, -0.15) is 0 Å². The van der Waals surface area contributed by atoms with Crippen LogP contribution in [0, 0.1) is 10.8 Å². The Morgan fingerprint density at radius 2 is 2.09 bits per heavy atom. The molecular formula is C16H19N3O3S. The molecule has 6 nitrogen and oxygen atoms in total. The van der Waals surface area contributed by atoms with Crippen molar-refractivity contribution in [3.8, 4) is 0 Å². The number of H-pyrrole nitrogens is 1. The number of aromatic amines is 1. The zero-order valence-corrected chi connectivity index (χ0v) is 13.7. The SMILES string of the molecule is CNC(=O)[C@H]1CCCC[C@@H]1NC(=O)c1ccc2[nH]c(=S)oc2c1. The minimum Gasteiger partial charge on any atom is -0.429 e. The second kappa shape index (κ2) is 6.54. The summed E-state index contributed by atoms with van der Waals surface area (Å²) in [5.41, 5.74) is 1.80. The lowest BCUT2D eigenvalue weighted by Gasteiger charge is -2.30. The molecule has 2 atom stereocenters. The summed E-state index contributed by atoms with van der Waals surface area (Å²) in [6.45, 7) is 0. The van der Waals surface area contributed by atoms with E-state index in [9.17, 15) is 9.59 Å². The van der Waals surface area contributed by atoms with Gasteiger partial charge >= 0.3 is 0 Å². The molecule has 0 saturated heterocycles. The molecule has 1 fully saturated rings. The first kappa shape index (κ1) is 15.7. The molecule has 1 aliphatic carbocycles. The summed E-state index contributed by atoms with van der Waals surface area (Å²) in [5, 5.41) is 5.68. The fraction of sp³-hybridized carbons (Fsp3) is 0.438. The monoisotopic (exact) mass is 333 g/mol. The van der Waals surface area contributed by atoms with Crippen molar-refractivity contribution < 1.29 is 14.0 Å². The molecule has 2 aromatic rings. The highest BCUT2D eigenvalue weighted by Crippen LogP contribution is 2.25. The number of carbonyl (C=O) groups excluding carboxylic acids is 2. The molecule has 3 rings (SSSR count). The van der Waals surface area contributed by atoms with Crippen LogP contribution < -0.4 is 10.6 Å². The van der Waals surface area contributed by atoms with Crippen LogP contribution in [0.4, 0.5) is 0 Å². The third-order valence-corrected chi connectivity index (χ3v) is 4.53. The highest BCUT2D eigenvalue weighted by Gasteiger charge is 2.31. The zero-order valence-electron chi connectivity index (χ0n) is 12.8. The summed E-state index contributed by atoms with van der Waals surface area (Å²) in [4.78, 5) is 27.7. The van der Waals surface area contributed by atoms with E-state index in [0.29, 0.717) is 11.1 Å². The molecular weight excluding hydrogens is 314 g/mol. The van der Waals surface area contributed by atoms with Gasteiger partial charge in [-0.15, -0.1) is 0 Å². The molecule has 122 valence electrons. The molecule has 0 spiro atoms. The summed E-state index contributed by atoms with van der Waals surface area (Å²) >= 11 is 4.94. The third-order valence-electron chi connectivity index (χ3n) is 4.35. The Bertz CT molecular complexity index is 795. The Morgan fingerprint density at radius 3 is 2.87 bits per heavy atom. The Labute approximate surface area is 138 Å². The van der Waals surface area contributed by atoms with E-state index in [4.69, 9.17) is 16.6 Å². The van der Waals surface area contributed by atoms with Crippen LogP contribution in [0.3, 0.4) is 0 Å². The number of amides is 2. The van der Waals surface area contributed by atoms with Gasteiger partial charge in [0, 0.05) is 18.7 Å². The van der Waals surface area contributed by atoms with Crippen LogP contribution in [0.1, 0.15) is 36.0 Å². The van der Waals surface area contributed by atoms with Crippen molar-refractivity contribution >= 4 is 35.1 Å². The van der Waals surface area contributed by atoms with Gasteiger partial charge in [0.2, 0.25) is 5.91 Å². The number of benzene rings is 1. The maximum atomic E-state index is 12.5. The molecule has 1 heterocycles. The highest BCUT2D eigenvalue weighted by molar-refractivity contribution is 7.71. The molecule has 0 unspecified atom stereocenters. The van der Waals surface area contributed by atoms with E-state index in [0.717, 1.165) is 31.2 Å². The van der Waals surface area contributed by atoms with Crippen molar-refractivity contribution in [1.82, 2.24) is 15.6 Å². The number of hydrogen-bond acceptors (Lipinski definition) is 4. The van der Waals surface area contributed by atoms with Crippen LogP contribution in [0.25, 0.3) is 11.1 Å². The molecule has 1 aliphatic rings. The first-order chi connectivity index (χ1) is 11.1. The average Bonchev–Trinajstić information content (AvgIpc) is 2.93. The minimum absolute atomic E-state index is 0.0122. The highest BCUT2D eigenvalue weighted by atomic mass is 32.1. The predicted octanol–water partition coefficient (Wildman–Crippen LogP) is 2.52. The number of oxazole rings is 1. The van der Waals surface area contributed by atoms with Gasteiger partial charge in [0.1, 0.15) is 0 Å². The van der Waals surface area contributed by atoms with E-state index in [-0.39, 0.29) is 28.6 Å². The summed E-state index contributed by atoms with van der Waals surface area (Å²) < 4.78 is 5.34. The van der Waals surface area contributed by atoms with E-state index < -0.39 is 0 Å².